The van der Waals surface area contributed by atoms with Crippen LogP contribution in [0.25, 0.3) is 0 Å². The highest BCUT2D eigenvalue weighted by Crippen LogP contribution is 2.11. The molecule has 1 aromatic rings. The number of carbonyl (C=O) groups is 1. The third-order valence-electron chi connectivity index (χ3n) is 3.12. The van der Waals surface area contributed by atoms with Crippen molar-refractivity contribution in [1.29, 1.82) is 0 Å². The van der Waals surface area contributed by atoms with Crippen LogP contribution in [-0.2, 0) is 11.2 Å². The first-order valence-corrected chi connectivity index (χ1v) is 5.92. The second kappa shape index (κ2) is 5.27. The van der Waals surface area contributed by atoms with Crippen molar-refractivity contribution < 1.29 is 9.18 Å². The van der Waals surface area contributed by atoms with Crippen LogP contribution in [0.4, 0.5) is 4.39 Å². The number of piperazine rings is 1. The molecule has 0 saturated carbocycles. The third-order valence-corrected chi connectivity index (χ3v) is 3.12. The Morgan fingerprint density at radius 2 is 2.29 bits per heavy atom. The number of hydrogen-bond donors (Lipinski definition) is 1. The Morgan fingerprint density at radius 3 is 3.00 bits per heavy atom. The molecule has 0 aromatic heterocycles. The summed E-state index contributed by atoms with van der Waals surface area (Å²) in [5.41, 5.74) is 0.475. The van der Waals surface area contributed by atoms with E-state index >= 15 is 0 Å². The van der Waals surface area contributed by atoms with Crippen molar-refractivity contribution in [2.75, 3.05) is 19.6 Å². The zero-order valence-electron chi connectivity index (χ0n) is 9.95. The standard InChI is InChI=1S/C13H17FN2O/c1-10-9-15-6-7-16(10)13(17)8-11-4-2-3-5-12(11)14/h2-5,10,15H,6-9H2,1H3. The number of nitrogens with one attached hydrogen (secondary N) is 1. The van der Waals surface area contributed by atoms with Crippen LogP contribution >= 0.6 is 0 Å². The van der Waals surface area contributed by atoms with E-state index in [-0.39, 0.29) is 24.2 Å². The van der Waals surface area contributed by atoms with Crippen LogP contribution in [0.1, 0.15) is 12.5 Å². The monoisotopic (exact) mass is 236 g/mol. The zero-order chi connectivity index (χ0) is 12.3. The first kappa shape index (κ1) is 12.0. The van der Waals surface area contributed by atoms with Gasteiger partial charge in [0.15, 0.2) is 0 Å². The Bertz CT molecular complexity index is 408. The Morgan fingerprint density at radius 1 is 1.53 bits per heavy atom. The van der Waals surface area contributed by atoms with E-state index in [1.807, 2.05) is 11.8 Å². The van der Waals surface area contributed by atoms with Crippen LogP contribution in [-0.4, -0.2) is 36.5 Å². The molecule has 17 heavy (non-hydrogen) atoms. The normalized spacial score (nSPS) is 20.4. The summed E-state index contributed by atoms with van der Waals surface area (Å²) in [6.07, 6.45) is 0.150. The molecule has 1 heterocycles. The number of rotatable bonds is 2. The van der Waals surface area contributed by atoms with E-state index in [2.05, 4.69) is 5.32 Å². The average molecular weight is 236 g/mol. The minimum Gasteiger partial charge on any atom is -0.337 e. The maximum absolute atomic E-state index is 13.4. The fourth-order valence-corrected chi connectivity index (χ4v) is 2.12. The molecule has 1 aliphatic heterocycles. The van der Waals surface area contributed by atoms with Crippen molar-refractivity contribution in [3.63, 3.8) is 0 Å². The topological polar surface area (TPSA) is 32.3 Å². The lowest BCUT2D eigenvalue weighted by Crippen LogP contribution is -2.52. The number of amides is 1. The predicted molar refractivity (Wildman–Crippen MR) is 64.1 cm³/mol. The van der Waals surface area contributed by atoms with E-state index in [1.165, 1.54) is 6.07 Å². The van der Waals surface area contributed by atoms with Gasteiger partial charge < -0.3 is 10.2 Å². The molecule has 1 unspecified atom stereocenters. The second-order valence-corrected chi connectivity index (χ2v) is 4.41. The number of nitrogens with zero attached hydrogens (tertiary/aromatic N) is 1. The van der Waals surface area contributed by atoms with Gasteiger partial charge in [0, 0.05) is 25.7 Å². The molecule has 1 aliphatic rings. The number of carbonyl (C=O) groups excluding carboxylic acids is 1. The van der Waals surface area contributed by atoms with Crippen molar-refractivity contribution in [3.05, 3.63) is 35.6 Å². The van der Waals surface area contributed by atoms with Crippen molar-refractivity contribution >= 4 is 5.91 Å². The molecular formula is C13H17FN2O. The molecule has 1 aromatic carbocycles. The van der Waals surface area contributed by atoms with E-state index in [4.69, 9.17) is 0 Å². The van der Waals surface area contributed by atoms with Gasteiger partial charge in [0.25, 0.3) is 0 Å². The molecule has 0 aliphatic carbocycles. The second-order valence-electron chi connectivity index (χ2n) is 4.41. The summed E-state index contributed by atoms with van der Waals surface area (Å²) in [5, 5.41) is 3.23. The summed E-state index contributed by atoms with van der Waals surface area (Å²) < 4.78 is 13.4. The quantitative estimate of drug-likeness (QED) is 0.836. The molecule has 1 atom stereocenters. The fraction of sp³-hybridized carbons (Fsp3) is 0.462. The minimum atomic E-state index is -0.302. The largest absolute Gasteiger partial charge is 0.337 e. The van der Waals surface area contributed by atoms with Crippen LogP contribution in [0, 0.1) is 5.82 Å². The highest BCUT2D eigenvalue weighted by atomic mass is 19.1. The van der Waals surface area contributed by atoms with E-state index < -0.39 is 0 Å². The SMILES string of the molecule is CC1CNCCN1C(=O)Cc1ccccc1F. The van der Waals surface area contributed by atoms with Crippen LogP contribution in [0.3, 0.4) is 0 Å². The van der Waals surface area contributed by atoms with Gasteiger partial charge in [0.2, 0.25) is 5.91 Å². The van der Waals surface area contributed by atoms with Gasteiger partial charge in [-0.25, -0.2) is 4.39 Å². The number of hydrogen-bond acceptors (Lipinski definition) is 2. The Hall–Kier alpha value is -1.42. The maximum Gasteiger partial charge on any atom is 0.227 e. The van der Waals surface area contributed by atoms with Crippen molar-refractivity contribution in [1.82, 2.24) is 10.2 Å². The van der Waals surface area contributed by atoms with Gasteiger partial charge >= 0.3 is 0 Å². The Kier molecular flexibility index (Phi) is 3.74. The molecule has 1 N–H and O–H groups in total. The van der Waals surface area contributed by atoms with Gasteiger partial charge in [-0.2, -0.15) is 0 Å². The molecule has 1 amide bonds. The molecule has 2 rings (SSSR count). The number of halogens is 1. The van der Waals surface area contributed by atoms with Gasteiger partial charge in [-0.05, 0) is 18.6 Å². The van der Waals surface area contributed by atoms with Crippen LogP contribution in [0.5, 0.6) is 0 Å². The predicted octanol–water partition coefficient (Wildman–Crippen LogP) is 1.19. The van der Waals surface area contributed by atoms with Gasteiger partial charge in [0.05, 0.1) is 6.42 Å². The first-order chi connectivity index (χ1) is 8.18. The van der Waals surface area contributed by atoms with Crippen LogP contribution in [0.15, 0.2) is 24.3 Å². The fourth-order valence-electron chi connectivity index (χ4n) is 2.12. The molecule has 4 heteroatoms. The minimum absolute atomic E-state index is 0.00380. The Labute approximate surface area is 101 Å². The van der Waals surface area contributed by atoms with Crippen LogP contribution < -0.4 is 5.32 Å². The summed E-state index contributed by atoms with van der Waals surface area (Å²) in [7, 11) is 0. The molecule has 0 radical (unpaired) electrons. The van der Waals surface area contributed by atoms with E-state index in [0.29, 0.717) is 12.1 Å². The third kappa shape index (κ3) is 2.82. The molecular weight excluding hydrogens is 219 g/mol. The van der Waals surface area contributed by atoms with Crippen LogP contribution in [0.2, 0.25) is 0 Å². The van der Waals surface area contributed by atoms with Crippen molar-refractivity contribution in [3.8, 4) is 0 Å². The lowest BCUT2D eigenvalue weighted by molar-refractivity contribution is -0.133. The smallest absolute Gasteiger partial charge is 0.227 e. The highest BCUT2D eigenvalue weighted by molar-refractivity contribution is 5.79. The Balaban J connectivity index is 2.03. The van der Waals surface area contributed by atoms with Gasteiger partial charge in [-0.15, -0.1) is 0 Å². The first-order valence-electron chi connectivity index (χ1n) is 5.92. The van der Waals surface area contributed by atoms with E-state index in [9.17, 15) is 9.18 Å². The summed E-state index contributed by atoms with van der Waals surface area (Å²) in [5.74, 6) is -0.298. The molecule has 0 spiro atoms. The molecule has 1 saturated heterocycles. The highest BCUT2D eigenvalue weighted by Gasteiger charge is 2.23. The number of benzene rings is 1. The van der Waals surface area contributed by atoms with Gasteiger partial charge in [-0.1, -0.05) is 18.2 Å². The van der Waals surface area contributed by atoms with E-state index in [1.54, 1.807) is 18.2 Å². The van der Waals surface area contributed by atoms with Crippen molar-refractivity contribution in [2.45, 2.75) is 19.4 Å². The summed E-state index contributed by atoms with van der Waals surface area (Å²) in [4.78, 5) is 13.9. The molecule has 3 nitrogen and oxygen atoms in total. The maximum atomic E-state index is 13.4. The van der Waals surface area contributed by atoms with Gasteiger partial charge in [0.1, 0.15) is 5.82 Å². The molecule has 92 valence electrons. The molecule has 1 fully saturated rings. The summed E-state index contributed by atoms with van der Waals surface area (Å²) in [6.45, 7) is 4.33. The lowest BCUT2D eigenvalue weighted by atomic mass is 10.1. The summed E-state index contributed by atoms with van der Waals surface area (Å²) >= 11 is 0. The van der Waals surface area contributed by atoms with E-state index in [0.717, 1.165) is 13.1 Å². The zero-order valence-corrected chi connectivity index (χ0v) is 9.95. The average Bonchev–Trinajstić information content (AvgIpc) is 2.32. The van der Waals surface area contributed by atoms with Gasteiger partial charge in [-0.3, -0.25) is 4.79 Å². The van der Waals surface area contributed by atoms with Crippen molar-refractivity contribution in [2.24, 2.45) is 0 Å². The molecule has 0 bridgehead atoms. The summed E-state index contributed by atoms with van der Waals surface area (Å²) in [6, 6.07) is 6.64. The lowest BCUT2D eigenvalue weighted by Gasteiger charge is -2.34.